The first-order valence-electron chi connectivity index (χ1n) is 15.2. The van der Waals surface area contributed by atoms with Crippen molar-refractivity contribution in [2.24, 2.45) is 34.5 Å². The van der Waals surface area contributed by atoms with Gasteiger partial charge in [0.2, 0.25) is 0 Å². The van der Waals surface area contributed by atoms with E-state index < -0.39 is 29.5 Å². The van der Waals surface area contributed by atoms with Gasteiger partial charge in [0, 0.05) is 17.2 Å². The molecule has 0 aliphatic heterocycles. The van der Waals surface area contributed by atoms with Crippen LogP contribution in [0.3, 0.4) is 0 Å². The second kappa shape index (κ2) is 11.6. The van der Waals surface area contributed by atoms with Crippen LogP contribution < -0.4 is 0 Å². The van der Waals surface area contributed by atoms with E-state index in [1.54, 1.807) is 0 Å². The number of ketones is 1. The van der Waals surface area contributed by atoms with Crippen molar-refractivity contribution in [3.05, 3.63) is 11.6 Å². The van der Waals surface area contributed by atoms with E-state index in [2.05, 4.69) is 22.9 Å². The number of alkyl halides is 6. The van der Waals surface area contributed by atoms with Crippen LogP contribution >= 0.6 is 15.9 Å². The molecular formula is C31H46BrF5O2. The highest BCUT2D eigenvalue weighted by Crippen LogP contribution is 2.72. The summed E-state index contributed by atoms with van der Waals surface area (Å²) in [6.07, 6.45) is 8.47. The molecule has 0 unspecified atom stereocenters. The highest BCUT2D eigenvalue weighted by Gasteiger charge is 2.79. The number of rotatable bonds is 11. The van der Waals surface area contributed by atoms with Crippen molar-refractivity contribution >= 4 is 21.7 Å². The number of aliphatic hydroxyl groups is 1. The monoisotopic (exact) mass is 624 g/mol. The summed E-state index contributed by atoms with van der Waals surface area (Å²) in [4.78, 5) is 12.4. The lowest BCUT2D eigenvalue weighted by atomic mass is 9.43. The number of hydrogen-bond donors (Lipinski definition) is 1. The minimum atomic E-state index is -5.79. The lowest BCUT2D eigenvalue weighted by Crippen LogP contribution is -2.66. The molecule has 39 heavy (non-hydrogen) atoms. The first-order chi connectivity index (χ1) is 18.2. The Hall–Kier alpha value is -0.500. The SMILES string of the molecule is C[C@]12CCC(=O)C=C1C[C@@H](CCCCCCCCCCBr)[C@@H]1[C@@H]2CC[C@@]2(C)[C@H]1CC[C@@]2(O)C(F)(F)C(F)(F)F. The third kappa shape index (κ3) is 5.41. The number of carbonyl (C=O) groups excluding carboxylic acids is 1. The molecule has 3 fully saturated rings. The Balaban J connectivity index is 1.54. The number of allylic oxidation sites excluding steroid dienone is 1. The van der Waals surface area contributed by atoms with E-state index in [1.807, 2.05) is 6.08 Å². The summed E-state index contributed by atoms with van der Waals surface area (Å²) >= 11 is 3.46. The maximum absolute atomic E-state index is 14.9. The van der Waals surface area contributed by atoms with Crippen LogP contribution in [0.15, 0.2) is 11.6 Å². The molecule has 224 valence electrons. The topological polar surface area (TPSA) is 37.3 Å². The lowest BCUT2D eigenvalue weighted by Gasteiger charge is -2.62. The predicted octanol–water partition coefficient (Wildman–Crippen LogP) is 9.58. The fourth-order valence-corrected chi connectivity index (χ4v) is 9.72. The molecule has 4 rings (SSSR count). The number of fused-ring (bicyclic) bond motifs is 5. The quantitative estimate of drug-likeness (QED) is 0.141. The molecule has 1 N–H and O–H groups in total. The molecule has 0 bridgehead atoms. The van der Waals surface area contributed by atoms with E-state index in [9.17, 15) is 31.9 Å². The summed E-state index contributed by atoms with van der Waals surface area (Å²) in [6.45, 7) is 3.69. The van der Waals surface area contributed by atoms with Gasteiger partial charge >= 0.3 is 12.1 Å². The van der Waals surface area contributed by atoms with Crippen LogP contribution in [0, 0.1) is 34.5 Å². The van der Waals surface area contributed by atoms with E-state index in [0.717, 1.165) is 43.0 Å². The van der Waals surface area contributed by atoms with Gasteiger partial charge in [-0.25, -0.2) is 0 Å². The second-order valence-electron chi connectivity index (χ2n) is 13.5. The van der Waals surface area contributed by atoms with Crippen LogP contribution in [0.1, 0.15) is 117 Å². The zero-order valence-corrected chi connectivity index (χ0v) is 25.1. The van der Waals surface area contributed by atoms with Gasteiger partial charge in [0.25, 0.3) is 0 Å². The maximum atomic E-state index is 14.9. The van der Waals surface area contributed by atoms with Gasteiger partial charge in [-0.1, -0.05) is 80.3 Å². The van der Waals surface area contributed by atoms with Gasteiger partial charge < -0.3 is 5.11 Å². The summed E-state index contributed by atoms with van der Waals surface area (Å²) in [5, 5.41) is 12.3. The fraction of sp³-hybridized carbons (Fsp3) is 0.903. The van der Waals surface area contributed by atoms with Crippen molar-refractivity contribution in [1.29, 1.82) is 0 Å². The average molecular weight is 626 g/mol. The third-order valence-electron chi connectivity index (χ3n) is 11.6. The van der Waals surface area contributed by atoms with Crippen LogP contribution in [0.5, 0.6) is 0 Å². The molecule has 7 atom stereocenters. The first kappa shape index (κ1) is 31.4. The van der Waals surface area contributed by atoms with Crippen LogP contribution in [0.4, 0.5) is 22.0 Å². The molecule has 4 aliphatic rings. The van der Waals surface area contributed by atoms with E-state index in [0.29, 0.717) is 19.3 Å². The minimum Gasteiger partial charge on any atom is -0.383 e. The smallest absolute Gasteiger partial charge is 0.383 e. The Kier molecular flexibility index (Phi) is 9.39. The van der Waals surface area contributed by atoms with Gasteiger partial charge in [-0.15, -0.1) is 0 Å². The van der Waals surface area contributed by atoms with Crippen molar-refractivity contribution in [1.82, 2.24) is 0 Å². The normalized spacial score (nSPS) is 38.7. The number of halogens is 6. The van der Waals surface area contributed by atoms with Gasteiger partial charge in [-0.05, 0) is 86.5 Å². The molecule has 0 amide bonds. The molecule has 2 nitrogen and oxygen atoms in total. The summed E-state index contributed by atoms with van der Waals surface area (Å²) in [7, 11) is 0. The van der Waals surface area contributed by atoms with E-state index in [-0.39, 0.29) is 47.7 Å². The Bertz CT molecular complexity index is 919. The maximum Gasteiger partial charge on any atom is 0.456 e. The van der Waals surface area contributed by atoms with Crippen LogP contribution in [0.2, 0.25) is 0 Å². The Morgan fingerprint density at radius 3 is 2.10 bits per heavy atom. The van der Waals surface area contributed by atoms with E-state index in [1.165, 1.54) is 39.0 Å². The zero-order chi connectivity index (χ0) is 28.7. The number of hydrogen-bond acceptors (Lipinski definition) is 2. The largest absolute Gasteiger partial charge is 0.456 e. The highest BCUT2D eigenvalue weighted by molar-refractivity contribution is 9.09. The van der Waals surface area contributed by atoms with Crippen molar-refractivity contribution < 1.29 is 31.9 Å². The van der Waals surface area contributed by atoms with Crippen molar-refractivity contribution in [3.8, 4) is 0 Å². The fourth-order valence-electron chi connectivity index (χ4n) is 9.33. The predicted molar refractivity (Wildman–Crippen MR) is 147 cm³/mol. The van der Waals surface area contributed by atoms with Crippen molar-refractivity contribution in [2.75, 3.05) is 5.33 Å². The molecule has 0 radical (unpaired) electrons. The first-order valence-corrected chi connectivity index (χ1v) is 16.3. The Morgan fingerprint density at radius 2 is 1.49 bits per heavy atom. The molecular weight excluding hydrogens is 579 g/mol. The molecule has 8 heteroatoms. The van der Waals surface area contributed by atoms with Gasteiger partial charge in [0.05, 0.1) is 0 Å². The van der Waals surface area contributed by atoms with Crippen molar-refractivity contribution in [3.63, 3.8) is 0 Å². The summed E-state index contributed by atoms with van der Waals surface area (Å²) < 4.78 is 70.7. The molecule has 4 aliphatic carbocycles. The van der Waals surface area contributed by atoms with Gasteiger partial charge in [-0.3, -0.25) is 4.79 Å². The van der Waals surface area contributed by atoms with Gasteiger partial charge in [0.15, 0.2) is 5.78 Å². The van der Waals surface area contributed by atoms with Crippen LogP contribution in [-0.2, 0) is 4.79 Å². The number of carbonyl (C=O) groups is 1. The van der Waals surface area contributed by atoms with E-state index in [4.69, 9.17) is 0 Å². The molecule has 0 saturated heterocycles. The third-order valence-corrected chi connectivity index (χ3v) is 12.2. The molecule has 0 spiro atoms. The van der Waals surface area contributed by atoms with Gasteiger partial charge in [-0.2, -0.15) is 22.0 Å². The van der Waals surface area contributed by atoms with E-state index >= 15 is 0 Å². The molecule has 0 heterocycles. The average Bonchev–Trinajstić information content (AvgIpc) is 3.15. The molecule has 0 aromatic heterocycles. The second-order valence-corrected chi connectivity index (χ2v) is 14.3. The van der Waals surface area contributed by atoms with Gasteiger partial charge in [0.1, 0.15) is 5.60 Å². The molecule has 0 aromatic carbocycles. The zero-order valence-electron chi connectivity index (χ0n) is 23.5. The standard InChI is InChI=1S/C31H46BrF5O2/c1-27-15-12-23(38)20-22(27)19-21(11-9-7-5-3-4-6-8-10-18-32)26-24(27)13-16-28(2)25(26)14-17-29(28,39)30(33,34)31(35,36)37/h20-21,24-26,39H,3-19H2,1-2H3/t21-,24+,25+,26-,27+,28+,29+/m1/s1. The number of unbranched alkanes of at least 4 members (excludes halogenated alkanes) is 7. The Morgan fingerprint density at radius 1 is 0.897 bits per heavy atom. The summed E-state index contributed by atoms with van der Waals surface area (Å²) in [5.41, 5.74) is -3.65. The lowest BCUT2D eigenvalue weighted by molar-refractivity contribution is -0.364. The highest BCUT2D eigenvalue weighted by atomic mass is 79.9. The molecule has 3 saturated carbocycles. The van der Waals surface area contributed by atoms with Crippen LogP contribution in [0.25, 0.3) is 0 Å². The minimum absolute atomic E-state index is 0.0126. The van der Waals surface area contributed by atoms with Crippen LogP contribution in [-0.4, -0.2) is 33.9 Å². The molecule has 0 aromatic rings. The van der Waals surface area contributed by atoms with Crippen molar-refractivity contribution in [2.45, 2.75) is 134 Å². The Labute approximate surface area is 239 Å². The summed E-state index contributed by atoms with van der Waals surface area (Å²) in [6, 6.07) is 0. The summed E-state index contributed by atoms with van der Waals surface area (Å²) in [5.74, 6) is -5.12.